The van der Waals surface area contributed by atoms with Crippen LogP contribution in [-0.2, 0) is 4.79 Å². The average Bonchev–Trinajstić information content (AvgIpc) is 2.30. The molecule has 0 aliphatic heterocycles. The molecule has 5 heteroatoms. The van der Waals surface area contributed by atoms with Gasteiger partial charge in [-0.2, -0.15) is 0 Å². The van der Waals surface area contributed by atoms with E-state index < -0.39 is 11.6 Å². The minimum atomic E-state index is -0.593. The monoisotopic (exact) mass is 266 g/mol. The maximum atomic E-state index is 11.5. The first kappa shape index (κ1) is 12.6. The lowest BCUT2D eigenvalue weighted by Crippen LogP contribution is -2.06. The summed E-state index contributed by atoms with van der Waals surface area (Å²) in [7, 11) is 0. The molecule has 0 amide bonds. The third-order valence-corrected chi connectivity index (χ3v) is 3.15. The van der Waals surface area contributed by atoms with Crippen LogP contribution in [0.4, 0.5) is 0 Å². The summed E-state index contributed by atoms with van der Waals surface area (Å²) in [6.07, 6.45) is 0. The van der Waals surface area contributed by atoms with Gasteiger partial charge >= 0.3 is 11.6 Å². The molecule has 4 nitrogen and oxygen atoms in total. The number of rotatable bonds is 1. The summed E-state index contributed by atoms with van der Waals surface area (Å²) in [5, 5.41) is 0.801. The molecule has 0 N–H and O–H groups in total. The van der Waals surface area contributed by atoms with Crippen LogP contribution >= 0.6 is 11.6 Å². The number of fused-ring (bicyclic) bond motifs is 1. The Morgan fingerprint density at radius 1 is 1.28 bits per heavy atom. The van der Waals surface area contributed by atoms with Gasteiger partial charge in [-0.15, -0.1) is 0 Å². The van der Waals surface area contributed by atoms with Gasteiger partial charge in [0.05, 0.1) is 0 Å². The number of halogens is 1. The summed E-state index contributed by atoms with van der Waals surface area (Å²) in [5.41, 5.74) is 1.05. The summed E-state index contributed by atoms with van der Waals surface area (Å²) in [4.78, 5) is 22.5. The molecule has 2 rings (SSSR count). The highest BCUT2D eigenvalue weighted by molar-refractivity contribution is 6.31. The highest BCUT2D eigenvalue weighted by Gasteiger charge is 2.14. The van der Waals surface area contributed by atoms with Crippen molar-refractivity contribution in [3.63, 3.8) is 0 Å². The molecule has 1 aromatic carbocycles. The van der Waals surface area contributed by atoms with E-state index in [9.17, 15) is 9.59 Å². The fraction of sp³-hybridized carbons (Fsp3) is 0.231. The van der Waals surface area contributed by atoms with Crippen LogP contribution < -0.4 is 10.4 Å². The molecule has 1 heterocycles. The molecule has 0 aliphatic rings. The van der Waals surface area contributed by atoms with Crippen LogP contribution in [0.1, 0.15) is 18.1 Å². The number of hydrogen-bond acceptors (Lipinski definition) is 4. The largest absolute Gasteiger partial charge is 0.426 e. The fourth-order valence-electron chi connectivity index (χ4n) is 1.77. The minimum absolute atomic E-state index is 0.0714. The van der Waals surface area contributed by atoms with Crippen LogP contribution in [-0.4, -0.2) is 5.97 Å². The van der Waals surface area contributed by atoms with Gasteiger partial charge < -0.3 is 9.15 Å². The predicted molar refractivity (Wildman–Crippen MR) is 68.3 cm³/mol. The van der Waals surface area contributed by atoms with Gasteiger partial charge in [-0.05, 0) is 31.5 Å². The first-order chi connectivity index (χ1) is 8.41. The Bertz CT molecular complexity index is 700. The SMILES string of the molecule is CC(=O)Oc1ccc2c(C)c(Cl)c(=O)oc2c1C. The lowest BCUT2D eigenvalue weighted by Gasteiger charge is -2.09. The van der Waals surface area contributed by atoms with E-state index in [0.717, 1.165) is 5.39 Å². The zero-order valence-electron chi connectivity index (χ0n) is 10.2. The third kappa shape index (κ3) is 1.99. The van der Waals surface area contributed by atoms with Crippen molar-refractivity contribution < 1.29 is 13.9 Å². The number of aryl methyl sites for hydroxylation is 2. The van der Waals surface area contributed by atoms with E-state index in [2.05, 4.69) is 0 Å². The normalized spacial score (nSPS) is 10.7. The van der Waals surface area contributed by atoms with Crippen molar-refractivity contribution in [2.24, 2.45) is 0 Å². The number of ether oxygens (including phenoxy) is 1. The Morgan fingerprint density at radius 3 is 2.56 bits per heavy atom. The standard InChI is InChI=1S/C13H11ClO4/c1-6-9-4-5-10(17-8(3)15)7(2)12(9)18-13(16)11(6)14/h4-5H,1-3H3. The van der Waals surface area contributed by atoms with Crippen molar-refractivity contribution in [2.45, 2.75) is 20.8 Å². The zero-order valence-corrected chi connectivity index (χ0v) is 10.9. The van der Waals surface area contributed by atoms with E-state index in [1.165, 1.54) is 6.92 Å². The topological polar surface area (TPSA) is 56.5 Å². The van der Waals surface area contributed by atoms with Gasteiger partial charge in [0.1, 0.15) is 16.4 Å². The van der Waals surface area contributed by atoms with E-state index in [-0.39, 0.29) is 5.02 Å². The number of carbonyl (C=O) groups is 1. The summed E-state index contributed by atoms with van der Waals surface area (Å²) in [6, 6.07) is 3.37. The quantitative estimate of drug-likeness (QED) is 0.452. The van der Waals surface area contributed by atoms with Gasteiger partial charge in [-0.3, -0.25) is 4.79 Å². The van der Waals surface area contributed by atoms with Gasteiger partial charge in [0.2, 0.25) is 0 Å². The van der Waals surface area contributed by atoms with E-state index in [1.54, 1.807) is 26.0 Å². The van der Waals surface area contributed by atoms with Gasteiger partial charge in [-0.1, -0.05) is 11.6 Å². The Labute approximate surface area is 108 Å². The average molecular weight is 267 g/mol. The lowest BCUT2D eigenvalue weighted by atomic mass is 10.1. The number of esters is 1. The van der Waals surface area contributed by atoms with E-state index >= 15 is 0 Å². The number of carbonyl (C=O) groups excluding carboxylic acids is 1. The molecule has 94 valence electrons. The number of benzene rings is 1. The van der Waals surface area contributed by atoms with Crippen LogP contribution in [0.25, 0.3) is 11.0 Å². The second kappa shape index (κ2) is 4.46. The van der Waals surface area contributed by atoms with Gasteiger partial charge in [0.15, 0.2) is 0 Å². The lowest BCUT2D eigenvalue weighted by molar-refractivity contribution is -0.131. The molecular weight excluding hydrogens is 256 g/mol. The van der Waals surface area contributed by atoms with Gasteiger partial charge in [0, 0.05) is 17.9 Å². The van der Waals surface area contributed by atoms with Crippen molar-refractivity contribution in [3.8, 4) is 5.75 Å². The summed E-state index contributed by atoms with van der Waals surface area (Å²) < 4.78 is 10.2. The molecule has 0 aliphatic carbocycles. The van der Waals surface area contributed by atoms with Crippen LogP contribution in [0.2, 0.25) is 5.02 Å². The first-order valence-electron chi connectivity index (χ1n) is 5.32. The summed E-state index contributed by atoms with van der Waals surface area (Å²) in [5.74, 6) is -0.0506. The molecule has 0 saturated heterocycles. The molecule has 0 fully saturated rings. The number of hydrogen-bond donors (Lipinski definition) is 0. The summed E-state index contributed by atoms with van der Waals surface area (Å²) in [6.45, 7) is 4.77. The Morgan fingerprint density at radius 2 is 1.94 bits per heavy atom. The first-order valence-corrected chi connectivity index (χ1v) is 5.70. The molecule has 0 spiro atoms. The highest BCUT2D eigenvalue weighted by atomic mass is 35.5. The third-order valence-electron chi connectivity index (χ3n) is 2.72. The molecule has 18 heavy (non-hydrogen) atoms. The van der Waals surface area contributed by atoms with Crippen LogP contribution in [0.15, 0.2) is 21.3 Å². The van der Waals surface area contributed by atoms with Crippen LogP contribution in [0.3, 0.4) is 0 Å². The van der Waals surface area contributed by atoms with Crippen molar-refractivity contribution in [1.82, 2.24) is 0 Å². The second-order valence-corrected chi connectivity index (χ2v) is 4.37. The maximum Gasteiger partial charge on any atom is 0.355 e. The molecule has 0 radical (unpaired) electrons. The molecule has 0 saturated carbocycles. The Balaban J connectivity index is 2.79. The van der Waals surface area contributed by atoms with Crippen molar-refractivity contribution in [3.05, 3.63) is 38.7 Å². The Kier molecular flexibility index (Phi) is 3.13. The molecule has 0 atom stereocenters. The Hall–Kier alpha value is -1.81. The molecule has 0 unspecified atom stereocenters. The minimum Gasteiger partial charge on any atom is -0.426 e. The zero-order chi connectivity index (χ0) is 13.4. The van der Waals surface area contributed by atoms with E-state index in [4.69, 9.17) is 20.8 Å². The van der Waals surface area contributed by atoms with Crippen molar-refractivity contribution >= 4 is 28.5 Å². The molecule has 2 aromatic rings. The van der Waals surface area contributed by atoms with Gasteiger partial charge in [0.25, 0.3) is 0 Å². The van der Waals surface area contributed by atoms with Crippen LogP contribution in [0, 0.1) is 13.8 Å². The van der Waals surface area contributed by atoms with Crippen molar-refractivity contribution in [2.75, 3.05) is 0 Å². The van der Waals surface area contributed by atoms with Gasteiger partial charge in [-0.25, -0.2) is 4.79 Å². The maximum absolute atomic E-state index is 11.5. The predicted octanol–water partition coefficient (Wildman–Crippen LogP) is 2.99. The highest BCUT2D eigenvalue weighted by Crippen LogP contribution is 2.30. The van der Waals surface area contributed by atoms with E-state index in [1.807, 2.05) is 0 Å². The molecule has 1 aromatic heterocycles. The van der Waals surface area contributed by atoms with Crippen molar-refractivity contribution in [1.29, 1.82) is 0 Å². The molecular formula is C13H11ClO4. The van der Waals surface area contributed by atoms with E-state index in [0.29, 0.717) is 22.5 Å². The molecule has 0 bridgehead atoms. The second-order valence-electron chi connectivity index (χ2n) is 3.99. The fourth-order valence-corrected chi connectivity index (χ4v) is 1.92. The summed E-state index contributed by atoms with van der Waals surface area (Å²) >= 11 is 5.84. The van der Waals surface area contributed by atoms with Crippen LogP contribution in [0.5, 0.6) is 5.75 Å². The smallest absolute Gasteiger partial charge is 0.355 e.